The van der Waals surface area contributed by atoms with Crippen molar-refractivity contribution >= 4 is 40.5 Å². The molecule has 3 aromatic rings. The SMILES string of the molecule is Cc1ccc(N(C(=O)CN2C(=O)C(N)C(=O)N(c3cccnc3)c3cc(F)ccc32)C(C)C)cc1. The highest BCUT2D eigenvalue weighted by Gasteiger charge is 2.40. The van der Waals surface area contributed by atoms with E-state index in [4.69, 9.17) is 5.73 Å². The van der Waals surface area contributed by atoms with E-state index in [0.717, 1.165) is 16.5 Å². The van der Waals surface area contributed by atoms with Crippen molar-refractivity contribution in [2.24, 2.45) is 5.73 Å². The minimum Gasteiger partial charge on any atom is -0.312 e. The number of carbonyl (C=O) groups is 3. The molecule has 180 valence electrons. The molecule has 1 aliphatic rings. The zero-order valence-corrected chi connectivity index (χ0v) is 19.7. The van der Waals surface area contributed by atoms with E-state index in [1.54, 1.807) is 17.0 Å². The molecular formula is C26H26FN5O3. The van der Waals surface area contributed by atoms with Gasteiger partial charge < -0.3 is 10.6 Å². The molecule has 0 fully saturated rings. The Morgan fingerprint density at radius 3 is 2.43 bits per heavy atom. The van der Waals surface area contributed by atoms with Crippen molar-refractivity contribution in [2.45, 2.75) is 32.9 Å². The van der Waals surface area contributed by atoms with E-state index in [1.165, 1.54) is 29.4 Å². The van der Waals surface area contributed by atoms with E-state index < -0.39 is 23.7 Å². The van der Waals surface area contributed by atoms with E-state index in [-0.39, 0.29) is 29.9 Å². The maximum atomic E-state index is 14.4. The number of anilines is 4. The number of aromatic nitrogens is 1. The van der Waals surface area contributed by atoms with Crippen LogP contribution in [0.2, 0.25) is 0 Å². The number of fused-ring (bicyclic) bond motifs is 1. The molecule has 0 saturated heterocycles. The highest BCUT2D eigenvalue weighted by atomic mass is 19.1. The van der Waals surface area contributed by atoms with Gasteiger partial charge in [-0.3, -0.25) is 29.2 Å². The van der Waals surface area contributed by atoms with Crippen molar-refractivity contribution in [3.8, 4) is 0 Å². The summed E-state index contributed by atoms with van der Waals surface area (Å²) in [5.41, 5.74) is 8.42. The molecule has 1 aromatic heterocycles. The van der Waals surface area contributed by atoms with Gasteiger partial charge in [-0.1, -0.05) is 17.7 Å². The van der Waals surface area contributed by atoms with Crippen molar-refractivity contribution < 1.29 is 18.8 Å². The first-order valence-electron chi connectivity index (χ1n) is 11.2. The first-order chi connectivity index (χ1) is 16.7. The summed E-state index contributed by atoms with van der Waals surface area (Å²) >= 11 is 0. The van der Waals surface area contributed by atoms with Crippen LogP contribution in [0.5, 0.6) is 0 Å². The Kier molecular flexibility index (Phi) is 6.61. The van der Waals surface area contributed by atoms with E-state index in [0.29, 0.717) is 11.4 Å². The third-order valence-corrected chi connectivity index (χ3v) is 5.78. The van der Waals surface area contributed by atoms with Crippen LogP contribution < -0.4 is 20.4 Å². The van der Waals surface area contributed by atoms with Gasteiger partial charge in [-0.25, -0.2) is 4.39 Å². The summed E-state index contributed by atoms with van der Waals surface area (Å²) in [5, 5.41) is 0. The van der Waals surface area contributed by atoms with E-state index in [2.05, 4.69) is 4.98 Å². The van der Waals surface area contributed by atoms with E-state index in [9.17, 15) is 18.8 Å². The summed E-state index contributed by atoms with van der Waals surface area (Å²) < 4.78 is 14.4. The molecule has 0 bridgehead atoms. The molecule has 1 atom stereocenters. The number of hydrogen-bond acceptors (Lipinski definition) is 5. The van der Waals surface area contributed by atoms with Gasteiger partial charge in [0.2, 0.25) is 5.91 Å². The van der Waals surface area contributed by atoms with Crippen LogP contribution in [0.3, 0.4) is 0 Å². The number of aryl methyl sites for hydroxylation is 1. The van der Waals surface area contributed by atoms with Crippen LogP contribution in [-0.2, 0) is 14.4 Å². The molecule has 4 rings (SSSR count). The monoisotopic (exact) mass is 475 g/mol. The highest BCUT2D eigenvalue weighted by molar-refractivity contribution is 6.23. The second-order valence-corrected chi connectivity index (χ2v) is 8.61. The second-order valence-electron chi connectivity index (χ2n) is 8.61. The quantitative estimate of drug-likeness (QED) is 0.571. The summed E-state index contributed by atoms with van der Waals surface area (Å²) in [6, 6.07) is 12.6. The molecule has 35 heavy (non-hydrogen) atoms. The second kappa shape index (κ2) is 9.63. The zero-order valence-electron chi connectivity index (χ0n) is 19.7. The molecule has 9 heteroatoms. The number of nitrogens with two attached hydrogens (primary N) is 1. The molecule has 0 spiro atoms. The standard InChI is InChI=1S/C26H26FN5O3/c1-16(2)31(19-9-6-17(3)7-10-19)23(33)15-30-21-11-8-18(27)13-22(21)32(20-5-4-12-29-14-20)26(35)24(28)25(30)34/h4-14,16,24H,15,28H2,1-3H3. The normalized spacial score (nSPS) is 15.8. The lowest BCUT2D eigenvalue weighted by Gasteiger charge is -2.31. The van der Waals surface area contributed by atoms with Gasteiger partial charge >= 0.3 is 0 Å². The lowest BCUT2D eigenvalue weighted by atomic mass is 10.1. The Morgan fingerprint density at radius 1 is 1.09 bits per heavy atom. The van der Waals surface area contributed by atoms with Crippen LogP contribution in [0.4, 0.5) is 27.1 Å². The lowest BCUT2D eigenvalue weighted by Crippen LogP contribution is -2.53. The van der Waals surface area contributed by atoms with Crippen molar-refractivity contribution in [1.29, 1.82) is 0 Å². The molecule has 2 N–H and O–H groups in total. The molecule has 8 nitrogen and oxygen atoms in total. The van der Waals surface area contributed by atoms with Crippen molar-refractivity contribution in [3.05, 3.63) is 78.4 Å². The summed E-state index contributed by atoms with van der Waals surface area (Å²) in [6.45, 7) is 5.30. The molecule has 0 radical (unpaired) electrons. The maximum Gasteiger partial charge on any atom is 0.258 e. The number of pyridine rings is 1. The third-order valence-electron chi connectivity index (χ3n) is 5.78. The highest BCUT2D eigenvalue weighted by Crippen LogP contribution is 2.38. The molecule has 0 aliphatic carbocycles. The minimum atomic E-state index is -1.59. The minimum absolute atomic E-state index is 0.100. The number of carbonyl (C=O) groups excluding carboxylic acids is 3. The molecule has 3 amide bonds. The number of amides is 3. The molecule has 2 heterocycles. The molecule has 0 saturated carbocycles. The predicted molar refractivity (Wildman–Crippen MR) is 132 cm³/mol. The van der Waals surface area contributed by atoms with Crippen molar-refractivity contribution in [2.75, 3.05) is 21.2 Å². The Morgan fingerprint density at radius 2 is 1.80 bits per heavy atom. The Labute approximate surface area is 202 Å². The number of benzene rings is 2. The van der Waals surface area contributed by atoms with Gasteiger partial charge in [-0.05, 0) is 57.2 Å². The molecule has 1 aliphatic heterocycles. The lowest BCUT2D eigenvalue weighted by molar-refractivity contribution is -0.129. The first-order valence-corrected chi connectivity index (χ1v) is 11.2. The Bertz CT molecular complexity index is 1260. The predicted octanol–water partition coefficient (Wildman–Crippen LogP) is 3.31. The Balaban J connectivity index is 1.79. The van der Waals surface area contributed by atoms with Gasteiger partial charge in [0.1, 0.15) is 12.4 Å². The molecule has 1 unspecified atom stereocenters. The van der Waals surface area contributed by atoms with Crippen molar-refractivity contribution in [3.63, 3.8) is 0 Å². The average Bonchev–Trinajstić information content (AvgIpc) is 2.90. The zero-order chi connectivity index (χ0) is 25.3. The maximum absolute atomic E-state index is 14.4. The fraction of sp³-hybridized carbons (Fsp3) is 0.231. The number of nitrogens with zero attached hydrogens (tertiary/aromatic N) is 4. The largest absolute Gasteiger partial charge is 0.312 e. The van der Waals surface area contributed by atoms with Crippen LogP contribution in [0.15, 0.2) is 67.0 Å². The van der Waals surface area contributed by atoms with Gasteiger partial charge in [-0.15, -0.1) is 0 Å². The van der Waals surface area contributed by atoms with Crippen LogP contribution >= 0.6 is 0 Å². The number of hydrogen-bond donors (Lipinski definition) is 1. The topological polar surface area (TPSA) is 99.8 Å². The van der Waals surface area contributed by atoms with Crippen LogP contribution in [0, 0.1) is 12.7 Å². The van der Waals surface area contributed by atoms with Gasteiger partial charge in [0.15, 0.2) is 6.04 Å². The number of halogens is 1. The van der Waals surface area contributed by atoms with Crippen molar-refractivity contribution in [1.82, 2.24) is 4.98 Å². The molecular weight excluding hydrogens is 449 g/mol. The first kappa shape index (κ1) is 24.0. The van der Waals surface area contributed by atoms with Crippen LogP contribution in [-0.4, -0.2) is 41.3 Å². The average molecular weight is 476 g/mol. The fourth-order valence-electron chi connectivity index (χ4n) is 4.12. The van der Waals surface area contributed by atoms with Gasteiger partial charge in [0.05, 0.1) is 23.3 Å². The van der Waals surface area contributed by atoms with E-state index >= 15 is 0 Å². The van der Waals surface area contributed by atoms with Gasteiger partial charge in [0, 0.05) is 24.0 Å². The summed E-state index contributed by atoms with van der Waals surface area (Å²) in [5.74, 6) is -2.48. The fourth-order valence-corrected chi connectivity index (χ4v) is 4.12. The van der Waals surface area contributed by atoms with E-state index in [1.807, 2.05) is 45.0 Å². The number of rotatable bonds is 5. The van der Waals surface area contributed by atoms with Gasteiger partial charge in [0.25, 0.3) is 11.8 Å². The van der Waals surface area contributed by atoms with Gasteiger partial charge in [-0.2, -0.15) is 0 Å². The van der Waals surface area contributed by atoms with Crippen LogP contribution in [0.1, 0.15) is 19.4 Å². The van der Waals surface area contributed by atoms with Crippen LogP contribution in [0.25, 0.3) is 0 Å². The summed E-state index contributed by atoms with van der Waals surface area (Å²) in [7, 11) is 0. The Hall–Kier alpha value is -4.11. The summed E-state index contributed by atoms with van der Waals surface area (Å²) in [4.78, 5) is 48.1. The smallest absolute Gasteiger partial charge is 0.258 e. The summed E-state index contributed by atoms with van der Waals surface area (Å²) in [6.07, 6.45) is 2.95. The molecule has 2 aromatic carbocycles. The third kappa shape index (κ3) is 4.63.